The van der Waals surface area contributed by atoms with Gasteiger partial charge in [0.25, 0.3) is 5.91 Å². The Morgan fingerprint density at radius 3 is 2.60 bits per heavy atom. The smallest absolute Gasteiger partial charge is 0.262 e. The molecule has 0 aromatic heterocycles. The van der Waals surface area contributed by atoms with E-state index < -0.39 is 11.1 Å². The van der Waals surface area contributed by atoms with Crippen LogP contribution < -0.4 is 5.32 Å². The monoisotopic (exact) mass is 486 g/mol. The highest BCUT2D eigenvalue weighted by Crippen LogP contribution is 2.38. The largest absolute Gasteiger partial charge is 0.326 e. The summed E-state index contributed by atoms with van der Waals surface area (Å²) in [6.07, 6.45) is 0.608. The number of amides is 2. The molecular formula is C27H23FN4O2S. The first-order valence-electron chi connectivity index (χ1n) is 11.3. The average Bonchev–Trinajstić information content (AvgIpc) is 3.44. The molecule has 0 saturated carbocycles. The minimum absolute atomic E-state index is 0.0641. The molecule has 0 spiro atoms. The van der Waals surface area contributed by atoms with Crippen molar-refractivity contribution in [3.05, 3.63) is 101 Å². The van der Waals surface area contributed by atoms with Gasteiger partial charge in [-0.3, -0.25) is 9.59 Å². The van der Waals surface area contributed by atoms with Crippen LogP contribution >= 0.6 is 11.8 Å². The zero-order valence-electron chi connectivity index (χ0n) is 19.0. The second-order valence-electron chi connectivity index (χ2n) is 8.49. The van der Waals surface area contributed by atoms with Gasteiger partial charge in [0.15, 0.2) is 5.17 Å². The Labute approximate surface area is 207 Å². The van der Waals surface area contributed by atoms with Crippen molar-refractivity contribution in [1.29, 1.82) is 0 Å². The number of hydrogen-bond acceptors (Lipinski definition) is 5. The van der Waals surface area contributed by atoms with Gasteiger partial charge in [-0.1, -0.05) is 78.0 Å². The van der Waals surface area contributed by atoms with Crippen LogP contribution in [0.2, 0.25) is 0 Å². The Balaban J connectivity index is 1.34. The number of benzene rings is 3. The van der Waals surface area contributed by atoms with Crippen molar-refractivity contribution in [3.63, 3.8) is 0 Å². The molecule has 0 fully saturated rings. The first-order valence-corrected chi connectivity index (χ1v) is 12.2. The van der Waals surface area contributed by atoms with Gasteiger partial charge in [0, 0.05) is 18.5 Å². The van der Waals surface area contributed by atoms with Gasteiger partial charge in [-0.05, 0) is 36.2 Å². The third-order valence-corrected chi connectivity index (χ3v) is 7.03. The summed E-state index contributed by atoms with van der Waals surface area (Å²) in [4.78, 5) is 29.5. The maximum atomic E-state index is 13.4. The number of hydrazone groups is 1. The number of anilines is 1. The summed E-state index contributed by atoms with van der Waals surface area (Å²) in [5.74, 6) is -1.18. The summed E-state index contributed by atoms with van der Waals surface area (Å²) in [7, 11) is 0. The number of nitrogens with zero attached hydrogens (tertiary/aromatic N) is 3. The van der Waals surface area contributed by atoms with E-state index in [9.17, 15) is 14.0 Å². The van der Waals surface area contributed by atoms with Crippen LogP contribution in [-0.2, 0) is 9.59 Å². The van der Waals surface area contributed by atoms with Crippen molar-refractivity contribution in [3.8, 4) is 0 Å². The predicted molar refractivity (Wildman–Crippen MR) is 137 cm³/mol. The number of carbonyl (C=O) groups excluding carboxylic acids is 2. The molecular weight excluding hydrogens is 463 g/mol. The van der Waals surface area contributed by atoms with Crippen LogP contribution in [0.3, 0.4) is 0 Å². The van der Waals surface area contributed by atoms with Crippen LogP contribution in [0.5, 0.6) is 0 Å². The molecule has 0 radical (unpaired) electrons. The van der Waals surface area contributed by atoms with E-state index in [1.165, 1.54) is 35.5 Å². The van der Waals surface area contributed by atoms with Gasteiger partial charge in [0.05, 0.1) is 11.8 Å². The molecule has 6 nitrogen and oxygen atoms in total. The molecule has 0 aliphatic carbocycles. The lowest BCUT2D eigenvalue weighted by Crippen LogP contribution is -2.25. The molecule has 35 heavy (non-hydrogen) atoms. The van der Waals surface area contributed by atoms with Gasteiger partial charge >= 0.3 is 0 Å². The molecule has 3 aromatic carbocycles. The third kappa shape index (κ3) is 5.17. The number of rotatable bonds is 5. The Bertz CT molecular complexity index is 1320. The molecule has 176 valence electrons. The maximum absolute atomic E-state index is 13.4. The number of aliphatic imine (C=N–C) groups is 1. The van der Waals surface area contributed by atoms with Crippen LogP contribution in [0, 0.1) is 12.7 Å². The van der Waals surface area contributed by atoms with E-state index in [0.29, 0.717) is 17.3 Å². The molecule has 1 N–H and O–H groups in total. The van der Waals surface area contributed by atoms with Gasteiger partial charge in [0.2, 0.25) is 5.91 Å². The van der Waals surface area contributed by atoms with E-state index >= 15 is 0 Å². The van der Waals surface area contributed by atoms with Crippen molar-refractivity contribution < 1.29 is 14.0 Å². The minimum Gasteiger partial charge on any atom is -0.326 e. The number of hydrogen-bond donors (Lipinski definition) is 1. The van der Waals surface area contributed by atoms with E-state index in [1.54, 1.807) is 11.1 Å². The molecule has 2 aliphatic heterocycles. The summed E-state index contributed by atoms with van der Waals surface area (Å²) in [5.41, 5.74) is 4.54. The summed E-state index contributed by atoms with van der Waals surface area (Å²) >= 11 is 1.24. The number of thioether (sulfide) groups is 1. The molecule has 0 unspecified atom stereocenters. The average molecular weight is 487 g/mol. The normalized spacial score (nSPS) is 19.5. The van der Waals surface area contributed by atoms with Crippen molar-refractivity contribution in [2.75, 3.05) is 5.32 Å². The first-order chi connectivity index (χ1) is 17.0. The Morgan fingerprint density at radius 1 is 1.09 bits per heavy atom. The maximum Gasteiger partial charge on any atom is 0.262 e. The number of nitrogens with one attached hydrogen (secondary N) is 1. The van der Waals surface area contributed by atoms with Crippen LogP contribution in [0.15, 0.2) is 89.0 Å². The van der Waals surface area contributed by atoms with Crippen molar-refractivity contribution in [2.45, 2.75) is 31.1 Å². The quantitative estimate of drug-likeness (QED) is 0.530. The SMILES string of the molecule is Cc1ccc(C2=NN(C3=NC(=O)[C@H](CC(=O)Nc4cccc(F)c4)S3)[C@H](c3ccccc3)C2)cc1. The van der Waals surface area contributed by atoms with Gasteiger partial charge in [0.1, 0.15) is 11.1 Å². The summed E-state index contributed by atoms with van der Waals surface area (Å²) in [5, 5.41) is 9.13. The predicted octanol–water partition coefficient (Wildman–Crippen LogP) is 5.31. The van der Waals surface area contributed by atoms with Crippen LogP contribution in [-0.4, -0.2) is 33.0 Å². The van der Waals surface area contributed by atoms with Crippen molar-refractivity contribution in [2.24, 2.45) is 10.1 Å². The standard InChI is InChI=1S/C27H23FN4O2S/c1-17-10-12-18(13-11-17)22-15-23(19-6-3-2-4-7-19)32(31-22)27-30-26(34)24(35-27)16-25(33)29-21-9-5-8-20(28)14-21/h2-14,23-24H,15-16H2,1H3,(H,29,33)/t23-,24-/m0/s1. The topological polar surface area (TPSA) is 74.1 Å². The fourth-order valence-corrected chi connectivity index (χ4v) is 5.15. The summed E-state index contributed by atoms with van der Waals surface area (Å²) in [6, 6.07) is 23.7. The van der Waals surface area contributed by atoms with E-state index in [1.807, 2.05) is 49.4 Å². The lowest BCUT2D eigenvalue weighted by molar-refractivity contribution is -0.121. The highest BCUT2D eigenvalue weighted by molar-refractivity contribution is 8.15. The molecule has 5 rings (SSSR count). The van der Waals surface area contributed by atoms with Crippen LogP contribution in [0.25, 0.3) is 0 Å². The Kier molecular flexibility index (Phi) is 6.46. The first kappa shape index (κ1) is 23.0. The van der Waals surface area contributed by atoms with Gasteiger partial charge in [-0.25, -0.2) is 9.40 Å². The van der Waals surface area contributed by atoms with E-state index in [-0.39, 0.29) is 24.3 Å². The second-order valence-corrected chi connectivity index (χ2v) is 9.66. The minimum atomic E-state index is -0.659. The van der Waals surface area contributed by atoms with Gasteiger partial charge < -0.3 is 5.32 Å². The highest BCUT2D eigenvalue weighted by atomic mass is 32.2. The van der Waals surface area contributed by atoms with Crippen LogP contribution in [0.1, 0.15) is 35.6 Å². The molecule has 2 aliphatic rings. The molecule has 2 amide bonds. The second kappa shape index (κ2) is 9.84. The summed E-state index contributed by atoms with van der Waals surface area (Å²) in [6.45, 7) is 2.04. The third-order valence-electron chi connectivity index (χ3n) is 5.88. The molecule has 3 aromatic rings. The lowest BCUT2D eigenvalue weighted by Gasteiger charge is -2.23. The fraction of sp³-hybridized carbons (Fsp3) is 0.185. The molecule has 8 heteroatoms. The summed E-state index contributed by atoms with van der Waals surface area (Å²) < 4.78 is 13.4. The van der Waals surface area contributed by atoms with E-state index in [4.69, 9.17) is 5.10 Å². The van der Waals surface area contributed by atoms with Crippen LogP contribution in [0.4, 0.5) is 10.1 Å². The van der Waals surface area contributed by atoms with Gasteiger partial charge in [-0.15, -0.1) is 0 Å². The fourth-order valence-electron chi connectivity index (χ4n) is 4.09. The molecule has 0 saturated heterocycles. The van der Waals surface area contributed by atoms with E-state index in [2.05, 4.69) is 22.4 Å². The van der Waals surface area contributed by atoms with Crippen molar-refractivity contribution >= 4 is 40.1 Å². The zero-order chi connectivity index (χ0) is 24.4. The lowest BCUT2D eigenvalue weighted by atomic mass is 9.98. The van der Waals surface area contributed by atoms with Crippen molar-refractivity contribution in [1.82, 2.24) is 5.01 Å². The molecule has 2 atom stereocenters. The number of halogens is 1. The van der Waals surface area contributed by atoms with E-state index in [0.717, 1.165) is 16.8 Å². The number of amidine groups is 1. The Hall–Kier alpha value is -3.78. The molecule has 0 bridgehead atoms. The molecule has 2 heterocycles. The van der Waals surface area contributed by atoms with Gasteiger partial charge in [-0.2, -0.15) is 10.1 Å². The Morgan fingerprint density at radius 2 is 1.86 bits per heavy atom. The number of carbonyl (C=O) groups is 2. The number of aryl methyl sites for hydroxylation is 1. The zero-order valence-corrected chi connectivity index (χ0v) is 19.8. The highest BCUT2D eigenvalue weighted by Gasteiger charge is 2.39.